The molecule has 2 aliphatic rings. The van der Waals surface area contributed by atoms with E-state index in [0.717, 1.165) is 13.1 Å². The van der Waals surface area contributed by atoms with E-state index < -0.39 is 0 Å². The summed E-state index contributed by atoms with van der Waals surface area (Å²) in [5.74, 6) is -0.426. The van der Waals surface area contributed by atoms with Crippen molar-refractivity contribution in [3.05, 3.63) is 24.3 Å². The molecule has 1 aromatic rings. The lowest BCUT2D eigenvalue weighted by Gasteiger charge is -2.34. The summed E-state index contributed by atoms with van der Waals surface area (Å²) in [6, 6.07) is 7.34. The predicted molar refractivity (Wildman–Crippen MR) is 90.7 cm³/mol. The summed E-state index contributed by atoms with van der Waals surface area (Å²) in [6.45, 7) is 4.22. The number of amides is 3. The zero-order chi connectivity index (χ0) is 17.1. The van der Waals surface area contributed by atoms with E-state index in [0.29, 0.717) is 17.9 Å². The van der Waals surface area contributed by atoms with Crippen molar-refractivity contribution in [1.29, 1.82) is 0 Å². The molecule has 3 amide bonds. The van der Waals surface area contributed by atoms with Gasteiger partial charge in [0.1, 0.15) is 6.54 Å². The summed E-state index contributed by atoms with van der Waals surface area (Å²) < 4.78 is 0. The fourth-order valence-electron chi connectivity index (χ4n) is 3.16. The summed E-state index contributed by atoms with van der Waals surface area (Å²) in [5.41, 5.74) is 1.31. The van der Waals surface area contributed by atoms with Crippen LogP contribution in [0.3, 0.4) is 0 Å². The second-order valence-corrected chi connectivity index (χ2v) is 6.19. The zero-order valence-electron chi connectivity index (χ0n) is 13.7. The average molecular weight is 330 g/mol. The van der Waals surface area contributed by atoms with Crippen LogP contribution < -0.4 is 15.5 Å². The van der Waals surface area contributed by atoms with E-state index in [1.54, 1.807) is 12.1 Å². The Balaban J connectivity index is 1.63. The molecular formula is C17H22N4O3. The van der Waals surface area contributed by atoms with Crippen LogP contribution in [-0.4, -0.2) is 54.8 Å². The Morgan fingerprint density at radius 1 is 1.21 bits per heavy atom. The van der Waals surface area contributed by atoms with Crippen LogP contribution in [0.25, 0.3) is 0 Å². The van der Waals surface area contributed by atoms with E-state index in [1.807, 2.05) is 24.0 Å². The Labute approximate surface area is 141 Å². The highest BCUT2D eigenvalue weighted by molar-refractivity contribution is 6.10. The quantitative estimate of drug-likeness (QED) is 0.849. The SMILES string of the molecule is CC1CNCCN1C(=O)CCC(=O)N1CC(=O)Nc2ccccc21. The minimum Gasteiger partial charge on any atom is -0.337 e. The van der Waals surface area contributed by atoms with E-state index in [1.165, 1.54) is 4.90 Å². The van der Waals surface area contributed by atoms with Crippen LogP contribution in [0.2, 0.25) is 0 Å². The number of para-hydroxylation sites is 2. The molecule has 24 heavy (non-hydrogen) atoms. The number of carbonyl (C=O) groups is 3. The van der Waals surface area contributed by atoms with Gasteiger partial charge in [-0.1, -0.05) is 12.1 Å². The van der Waals surface area contributed by atoms with Crippen LogP contribution in [0.15, 0.2) is 24.3 Å². The van der Waals surface area contributed by atoms with Crippen LogP contribution in [0.5, 0.6) is 0 Å². The summed E-state index contributed by atoms with van der Waals surface area (Å²) >= 11 is 0. The van der Waals surface area contributed by atoms with Gasteiger partial charge >= 0.3 is 0 Å². The third-order valence-electron chi connectivity index (χ3n) is 4.45. The van der Waals surface area contributed by atoms with Gasteiger partial charge in [-0.3, -0.25) is 14.4 Å². The van der Waals surface area contributed by atoms with Gasteiger partial charge in [-0.15, -0.1) is 0 Å². The van der Waals surface area contributed by atoms with Crippen LogP contribution in [0.4, 0.5) is 11.4 Å². The van der Waals surface area contributed by atoms with Crippen molar-refractivity contribution in [2.24, 2.45) is 0 Å². The molecule has 2 N–H and O–H groups in total. The normalized spacial score (nSPS) is 20.4. The second kappa shape index (κ2) is 7.00. The summed E-state index contributed by atoms with van der Waals surface area (Å²) in [5, 5.41) is 5.99. The molecule has 0 aliphatic carbocycles. The van der Waals surface area contributed by atoms with Crippen molar-refractivity contribution >= 4 is 29.1 Å². The van der Waals surface area contributed by atoms with Crippen LogP contribution in [0.1, 0.15) is 19.8 Å². The Bertz CT molecular complexity index is 661. The Morgan fingerprint density at radius 3 is 2.75 bits per heavy atom. The molecule has 3 rings (SSSR count). The van der Waals surface area contributed by atoms with Crippen molar-refractivity contribution in [3.63, 3.8) is 0 Å². The molecule has 0 bridgehead atoms. The highest BCUT2D eigenvalue weighted by atomic mass is 16.2. The minimum atomic E-state index is -0.218. The van der Waals surface area contributed by atoms with Gasteiger partial charge in [0.15, 0.2) is 0 Å². The molecule has 128 valence electrons. The molecule has 7 heteroatoms. The van der Waals surface area contributed by atoms with Gasteiger partial charge in [-0.25, -0.2) is 0 Å². The number of rotatable bonds is 3. The van der Waals surface area contributed by atoms with E-state index in [4.69, 9.17) is 0 Å². The lowest BCUT2D eigenvalue weighted by molar-refractivity contribution is -0.135. The monoisotopic (exact) mass is 330 g/mol. The summed E-state index contributed by atoms with van der Waals surface area (Å²) in [7, 11) is 0. The molecule has 1 saturated heterocycles. The zero-order valence-corrected chi connectivity index (χ0v) is 13.7. The number of carbonyl (C=O) groups excluding carboxylic acids is 3. The first-order valence-electron chi connectivity index (χ1n) is 8.25. The maximum atomic E-state index is 12.5. The maximum Gasteiger partial charge on any atom is 0.244 e. The third-order valence-corrected chi connectivity index (χ3v) is 4.45. The first-order chi connectivity index (χ1) is 11.6. The number of anilines is 2. The van der Waals surface area contributed by atoms with E-state index in [9.17, 15) is 14.4 Å². The number of nitrogens with zero attached hydrogens (tertiary/aromatic N) is 2. The van der Waals surface area contributed by atoms with E-state index in [-0.39, 0.29) is 43.1 Å². The molecule has 1 aromatic carbocycles. The third kappa shape index (κ3) is 3.41. The predicted octanol–water partition coefficient (Wildman–Crippen LogP) is 0.572. The molecule has 0 radical (unpaired) electrons. The molecular weight excluding hydrogens is 308 g/mol. The molecule has 1 atom stereocenters. The van der Waals surface area contributed by atoms with Gasteiger partial charge in [0.25, 0.3) is 0 Å². The fourth-order valence-corrected chi connectivity index (χ4v) is 3.16. The number of hydrogen-bond donors (Lipinski definition) is 2. The smallest absolute Gasteiger partial charge is 0.244 e. The van der Waals surface area contributed by atoms with Crippen molar-refractivity contribution in [3.8, 4) is 0 Å². The standard InChI is InChI=1S/C17H22N4O3/c1-12-10-18-8-9-20(12)16(23)6-7-17(24)21-11-15(22)19-13-4-2-3-5-14(13)21/h2-5,12,18H,6-11H2,1H3,(H,19,22). The molecule has 2 heterocycles. The minimum absolute atomic E-state index is 0.00588. The Kier molecular flexibility index (Phi) is 4.80. The van der Waals surface area contributed by atoms with Crippen LogP contribution in [0, 0.1) is 0 Å². The fraction of sp³-hybridized carbons (Fsp3) is 0.471. The molecule has 0 spiro atoms. The largest absolute Gasteiger partial charge is 0.337 e. The van der Waals surface area contributed by atoms with Gasteiger partial charge in [0.2, 0.25) is 17.7 Å². The van der Waals surface area contributed by atoms with Crippen molar-refractivity contribution in [1.82, 2.24) is 10.2 Å². The molecule has 1 fully saturated rings. The Hall–Kier alpha value is -2.41. The highest BCUT2D eigenvalue weighted by Crippen LogP contribution is 2.29. The van der Waals surface area contributed by atoms with Gasteiger partial charge in [-0.2, -0.15) is 0 Å². The van der Waals surface area contributed by atoms with Crippen molar-refractivity contribution in [2.45, 2.75) is 25.8 Å². The molecule has 0 aromatic heterocycles. The first kappa shape index (κ1) is 16.4. The summed E-state index contributed by atoms with van der Waals surface area (Å²) in [4.78, 5) is 40.0. The Morgan fingerprint density at radius 2 is 1.96 bits per heavy atom. The highest BCUT2D eigenvalue weighted by Gasteiger charge is 2.28. The number of piperazine rings is 1. The van der Waals surface area contributed by atoms with Gasteiger partial charge in [0.05, 0.1) is 11.4 Å². The number of fused-ring (bicyclic) bond motifs is 1. The molecule has 0 saturated carbocycles. The summed E-state index contributed by atoms with van der Waals surface area (Å²) in [6.07, 6.45) is 0.278. The second-order valence-electron chi connectivity index (χ2n) is 6.19. The van der Waals surface area contributed by atoms with E-state index in [2.05, 4.69) is 10.6 Å². The van der Waals surface area contributed by atoms with Crippen LogP contribution >= 0.6 is 0 Å². The molecule has 2 aliphatic heterocycles. The van der Waals surface area contributed by atoms with Gasteiger partial charge < -0.3 is 20.4 Å². The number of nitrogens with one attached hydrogen (secondary N) is 2. The van der Waals surface area contributed by atoms with Gasteiger partial charge in [0, 0.05) is 38.5 Å². The van der Waals surface area contributed by atoms with E-state index >= 15 is 0 Å². The van der Waals surface area contributed by atoms with Crippen molar-refractivity contribution in [2.75, 3.05) is 36.4 Å². The molecule has 7 nitrogen and oxygen atoms in total. The topological polar surface area (TPSA) is 81.8 Å². The van der Waals surface area contributed by atoms with Crippen molar-refractivity contribution < 1.29 is 14.4 Å². The number of benzene rings is 1. The van der Waals surface area contributed by atoms with Gasteiger partial charge in [-0.05, 0) is 19.1 Å². The average Bonchev–Trinajstić information content (AvgIpc) is 2.59. The molecule has 1 unspecified atom stereocenters. The van der Waals surface area contributed by atoms with Crippen LogP contribution in [-0.2, 0) is 14.4 Å². The lowest BCUT2D eigenvalue weighted by Crippen LogP contribution is -2.52. The first-order valence-corrected chi connectivity index (χ1v) is 8.25. The maximum absolute atomic E-state index is 12.5. The number of hydrogen-bond acceptors (Lipinski definition) is 4. The lowest BCUT2D eigenvalue weighted by atomic mass is 10.1.